The van der Waals surface area contributed by atoms with Crippen LogP contribution in [0.5, 0.6) is 0 Å². The number of carbonyl (C=O) groups is 1. The maximum atomic E-state index is 11.9. The monoisotopic (exact) mass is 225 g/mol. The lowest BCUT2D eigenvalue weighted by molar-refractivity contribution is 0.0123. The van der Waals surface area contributed by atoms with Gasteiger partial charge < -0.3 is 10.5 Å². The van der Waals surface area contributed by atoms with Gasteiger partial charge in [-0.25, -0.2) is 5.01 Å². The van der Waals surface area contributed by atoms with Gasteiger partial charge in [0.05, 0.1) is 25.1 Å². The van der Waals surface area contributed by atoms with E-state index in [0.717, 1.165) is 0 Å². The van der Waals surface area contributed by atoms with Gasteiger partial charge in [0.2, 0.25) is 0 Å². The molecule has 1 fully saturated rings. The maximum Gasteiger partial charge on any atom is 0.285 e. The predicted molar refractivity (Wildman–Crippen MR) is 57.5 cm³/mol. The summed E-state index contributed by atoms with van der Waals surface area (Å²) in [6.45, 7) is 2.62. The smallest absolute Gasteiger partial charge is 0.285 e. The minimum absolute atomic E-state index is 0.237. The van der Waals surface area contributed by atoms with E-state index >= 15 is 0 Å². The van der Waals surface area contributed by atoms with Crippen LogP contribution in [0.2, 0.25) is 0 Å². The lowest BCUT2D eigenvalue weighted by Crippen LogP contribution is -2.48. The Morgan fingerprint density at radius 1 is 1.56 bits per heavy atom. The third-order valence-electron chi connectivity index (χ3n) is 2.45. The lowest BCUT2D eigenvalue weighted by Gasteiger charge is -2.26. The summed E-state index contributed by atoms with van der Waals surface area (Å²) in [5.74, 6) is -0.237. The van der Waals surface area contributed by atoms with Crippen molar-refractivity contribution in [3.63, 3.8) is 0 Å². The van der Waals surface area contributed by atoms with Gasteiger partial charge in [0, 0.05) is 20.1 Å². The highest BCUT2D eigenvalue weighted by Crippen LogP contribution is 2.09. The first-order chi connectivity index (χ1) is 7.68. The van der Waals surface area contributed by atoms with E-state index in [2.05, 4.69) is 10.5 Å². The molecule has 0 unspecified atom stereocenters. The first kappa shape index (κ1) is 10.9. The molecule has 0 spiro atoms. The first-order valence-corrected chi connectivity index (χ1v) is 5.09. The fourth-order valence-electron chi connectivity index (χ4n) is 1.60. The van der Waals surface area contributed by atoms with Crippen LogP contribution in [0.3, 0.4) is 0 Å². The molecule has 0 atom stereocenters. The Morgan fingerprint density at radius 3 is 2.81 bits per heavy atom. The molecule has 2 rings (SSSR count). The number of nitrogens with two attached hydrogens (primary N) is 1. The van der Waals surface area contributed by atoms with Crippen LogP contribution >= 0.6 is 0 Å². The van der Waals surface area contributed by atoms with E-state index in [1.54, 1.807) is 7.05 Å². The minimum Gasteiger partial charge on any atom is -0.396 e. The number of aryl methyl sites for hydroxylation is 1. The fourth-order valence-corrected chi connectivity index (χ4v) is 1.60. The van der Waals surface area contributed by atoms with Crippen molar-refractivity contribution in [3.8, 4) is 0 Å². The second kappa shape index (κ2) is 4.50. The maximum absolute atomic E-state index is 11.9. The van der Waals surface area contributed by atoms with Crippen molar-refractivity contribution in [2.45, 2.75) is 0 Å². The van der Waals surface area contributed by atoms with Gasteiger partial charge in [-0.3, -0.25) is 14.9 Å². The molecule has 2 heterocycles. The summed E-state index contributed by atoms with van der Waals surface area (Å²) in [5.41, 5.74) is 9.20. The number of amides is 1. The van der Waals surface area contributed by atoms with Gasteiger partial charge in [0.25, 0.3) is 5.91 Å². The number of rotatable bonds is 2. The molecule has 1 aliphatic heterocycles. The third kappa shape index (κ3) is 2.15. The van der Waals surface area contributed by atoms with Crippen LogP contribution in [0.4, 0.5) is 5.69 Å². The molecule has 0 aliphatic carbocycles. The van der Waals surface area contributed by atoms with Gasteiger partial charge in [-0.05, 0) is 0 Å². The highest BCUT2D eigenvalue weighted by atomic mass is 16.5. The normalized spacial score (nSPS) is 17.3. The van der Waals surface area contributed by atoms with Crippen molar-refractivity contribution in [1.82, 2.24) is 20.2 Å². The minimum atomic E-state index is -0.237. The Morgan fingerprint density at radius 2 is 2.25 bits per heavy atom. The van der Waals surface area contributed by atoms with Gasteiger partial charge in [0.1, 0.15) is 5.69 Å². The van der Waals surface area contributed by atoms with Crippen LogP contribution in [-0.2, 0) is 11.8 Å². The molecule has 88 valence electrons. The molecule has 0 radical (unpaired) electrons. The third-order valence-corrected chi connectivity index (χ3v) is 2.45. The van der Waals surface area contributed by atoms with Gasteiger partial charge in [-0.15, -0.1) is 0 Å². The number of hydrazine groups is 1. The van der Waals surface area contributed by atoms with Crippen molar-refractivity contribution < 1.29 is 9.53 Å². The van der Waals surface area contributed by atoms with Gasteiger partial charge >= 0.3 is 0 Å². The van der Waals surface area contributed by atoms with Crippen LogP contribution in [0.1, 0.15) is 10.5 Å². The van der Waals surface area contributed by atoms with Gasteiger partial charge in [-0.2, -0.15) is 5.10 Å². The van der Waals surface area contributed by atoms with E-state index in [9.17, 15) is 4.79 Å². The van der Waals surface area contributed by atoms with Gasteiger partial charge in [-0.1, -0.05) is 0 Å². The highest BCUT2D eigenvalue weighted by molar-refractivity contribution is 5.96. The van der Waals surface area contributed by atoms with E-state index in [1.165, 1.54) is 10.9 Å². The van der Waals surface area contributed by atoms with Gasteiger partial charge in [0.15, 0.2) is 0 Å². The Kier molecular flexibility index (Phi) is 3.07. The van der Waals surface area contributed by atoms with Crippen molar-refractivity contribution >= 4 is 11.6 Å². The summed E-state index contributed by atoms with van der Waals surface area (Å²) in [4.78, 5) is 11.9. The summed E-state index contributed by atoms with van der Waals surface area (Å²) < 4.78 is 6.65. The van der Waals surface area contributed by atoms with E-state index in [-0.39, 0.29) is 5.91 Å². The summed E-state index contributed by atoms with van der Waals surface area (Å²) in [7, 11) is 1.69. The number of carbonyl (C=O) groups excluding carboxylic acids is 1. The zero-order valence-electron chi connectivity index (χ0n) is 9.14. The number of hydrogen-bond donors (Lipinski definition) is 2. The van der Waals surface area contributed by atoms with E-state index in [1.807, 2.05) is 5.01 Å². The van der Waals surface area contributed by atoms with E-state index < -0.39 is 0 Å². The summed E-state index contributed by atoms with van der Waals surface area (Å²) in [5, 5.41) is 5.74. The largest absolute Gasteiger partial charge is 0.396 e. The molecular formula is C9H15N5O2. The molecule has 1 aliphatic rings. The molecule has 1 aromatic heterocycles. The van der Waals surface area contributed by atoms with E-state index in [0.29, 0.717) is 37.7 Å². The highest BCUT2D eigenvalue weighted by Gasteiger charge is 2.18. The molecule has 7 nitrogen and oxygen atoms in total. The molecule has 0 saturated carbocycles. The van der Waals surface area contributed by atoms with Crippen LogP contribution < -0.4 is 11.2 Å². The molecule has 7 heteroatoms. The average Bonchev–Trinajstić information content (AvgIpc) is 2.60. The zero-order chi connectivity index (χ0) is 11.5. The fraction of sp³-hybridized carbons (Fsp3) is 0.556. The summed E-state index contributed by atoms with van der Waals surface area (Å²) >= 11 is 0. The predicted octanol–water partition coefficient (Wildman–Crippen LogP) is -1.02. The number of nitrogens with one attached hydrogen (secondary N) is 1. The Balaban J connectivity index is 2.02. The first-order valence-electron chi connectivity index (χ1n) is 5.09. The zero-order valence-corrected chi connectivity index (χ0v) is 9.14. The molecule has 0 aromatic carbocycles. The number of ether oxygens (including phenoxy) is 1. The Labute approximate surface area is 93.1 Å². The molecule has 3 N–H and O–H groups in total. The summed E-state index contributed by atoms with van der Waals surface area (Å²) in [6, 6.07) is 0. The number of nitrogens with zero attached hydrogens (tertiary/aromatic N) is 3. The molecule has 1 aromatic rings. The summed E-state index contributed by atoms with van der Waals surface area (Å²) in [6.07, 6.45) is 1.47. The number of nitrogen functional groups attached to an aromatic ring is 1. The molecule has 16 heavy (non-hydrogen) atoms. The van der Waals surface area contributed by atoms with Crippen molar-refractivity contribution in [1.29, 1.82) is 0 Å². The Bertz CT molecular complexity index is 364. The van der Waals surface area contributed by atoms with E-state index in [4.69, 9.17) is 10.5 Å². The molecule has 0 bridgehead atoms. The lowest BCUT2D eigenvalue weighted by atomic mass is 10.3. The number of aromatic nitrogens is 2. The molecular weight excluding hydrogens is 210 g/mol. The Hall–Kier alpha value is -1.60. The quantitative estimate of drug-likeness (QED) is 0.673. The standard InChI is InChI=1S/C9H15N5O2/c1-13-8(7(10)6-11-13)9(15)12-14-2-4-16-5-3-14/h6H,2-5,10H2,1H3,(H,12,15). The van der Waals surface area contributed by atoms with Crippen LogP contribution in [0.15, 0.2) is 6.20 Å². The van der Waals surface area contributed by atoms with Crippen LogP contribution in [-0.4, -0.2) is 47.0 Å². The second-order valence-corrected chi connectivity index (χ2v) is 3.61. The average molecular weight is 225 g/mol. The van der Waals surface area contributed by atoms with Crippen molar-refractivity contribution in [2.75, 3.05) is 32.0 Å². The molecule has 1 saturated heterocycles. The SMILES string of the molecule is Cn1ncc(N)c1C(=O)NN1CCOCC1. The topological polar surface area (TPSA) is 85.4 Å². The van der Waals surface area contributed by atoms with Crippen LogP contribution in [0.25, 0.3) is 0 Å². The van der Waals surface area contributed by atoms with Crippen molar-refractivity contribution in [2.24, 2.45) is 7.05 Å². The number of anilines is 1. The van der Waals surface area contributed by atoms with Crippen molar-refractivity contribution in [3.05, 3.63) is 11.9 Å². The molecule has 1 amide bonds. The van der Waals surface area contributed by atoms with Crippen LogP contribution in [0, 0.1) is 0 Å². The number of morpholine rings is 1. The second-order valence-electron chi connectivity index (χ2n) is 3.61. The number of hydrogen-bond acceptors (Lipinski definition) is 5.